The topological polar surface area (TPSA) is 93.4 Å². The number of aromatic nitrogens is 1. The number of carbonyl (C=O) groups excluding carboxylic acids is 1. The highest BCUT2D eigenvalue weighted by molar-refractivity contribution is 7.93. The largest absolute Gasteiger partial charge is 0.350 e. The smallest absolute Gasteiger partial charge is 0.335 e. The molecular weight excluding hydrogens is 418 g/mol. The average Bonchev–Trinajstić information content (AvgIpc) is 3.11. The lowest BCUT2D eigenvalue weighted by Crippen LogP contribution is -2.40. The van der Waals surface area contributed by atoms with Gasteiger partial charge >= 0.3 is 6.03 Å². The minimum atomic E-state index is -4.21. The summed E-state index contributed by atoms with van der Waals surface area (Å²) in [7, 11) is -4.21. The van der Waals surface area contributed by atoms with Gasteiger partial charge < -0.3 is 5.73 Å². The zero-order valence-electron chi connectivity index (χ0n) is 15.2. The van der Waals surface area contributed by atoms with E-state index in [2.05, 4.69) is 18.8 Å². The zero-order valence-corrected chi connectivity index (χ0v) is 17.6. The lowest BCUT2D eigenvalue weighted by Gasteiger charge is -2.17. The number of halogens is 1. The van der Waals surface area contributed by atoms with Gasteiger partial charge in [-0.1, -0.05) is 49.7 Å². The van der Waals surface area contributed by atoms with Crippen molar-refractivity contribution in [2.45, 2.75) is 24.7 Å². The molecule has 6 nitrogen and oxygen atoms in total. The van der Waals surface area contributed by atoms with E-state index >= 15 is 0 Å². The number of nitrogens with two attached hydrogens (primary N) is 1. The minimum Gasteiger partial charge on any atom is -0.350 e. The second-order valence-corrected chi connectivity index (χ2v) is 9.41. The van der Waals surface area contributed by atoms with Crippen LogP contribution in [0.25, 0.3) is 11.3 Å². The van der Waals surface area contributed by atoms with Gasteiger partial charge in [0.05, 0.1) is 10.6 Å². The van der Waals surface area contributed by atoms with Gasteiger partial charge in [-0.2, -0.15) is 4.31 Å². The number of hydrogen-bond donors (Lipinski definition) is 1. The second-order valence-electron chi connectivity index (χ2n) is 6.35. The highest BCUT2D eigenvalue weighted by atomic mass is 35.5. The van der Waals surface area contributed by atoms with Crippen molar-refractivity contribution in [3.05, 3.63) is 64.5 Å². The standard InChI is InChI=1S/C19H18ClN3O3S2/c1-12(2)13-3-5-14(6-4-13)17-11-27-19(22-17)23(18(21)24)28(25,26)16-9-7-15(20)8-10-16/h3-12H,1-2H3,(H2,21,24). The quantitative estimate of drug-likeness (QED) is 0.619. The number of rotatable bonds is 5. The first kappa shape index (κ1) is 20.3. The van der Waals surface area contributed by atoms with Crippen LogP contribution in [0.1, 0.15) is 25.3 Å². The number of amides is 2. The van der Waals surface area contributed by atoms with Crippen LogP contribution in [0, 0.1) is 0 Å². The first-order valence-corrected chi connectivity index (χ1v) is 11.1. The Labute approximate surface area is 172 Å². The Morgan fingerprint density at radius 1 is 1.11 bits per heavy atom. The van der Waals surface area contributed by atoms with Crippen LogP contribution in [-0.2, 0) is 10.0 Å². The third-order valence-electron chi connectivity index (χ3n) is 4.09. The van der Waals surface area contributed by atoms with Crippen molar-refractivity contribution in [2.75, 3.05) is 4.31 Å². The molecule has 0 atom stereocenters. The van der Waals surface area contributed by atoms with E-state index in [-0.39, 0.29) is 10.0 Å². The van der Waals surface area contributed by atoms with Gasteiger partial charge in [-0.05, 0) is 35.7 Å². The van der Waals surface area contributed by atoms with Crippen LogP contribution in [0.4, 0.5) is 9.93 Å². The van der Waals surface area contributed by atoms with E-state index in [4.69, 9.17) is 17.3 Å². The van der Waals surface area contributed by atoms with Crippen LogP contribution < -0.4 is 10.0 Å². The van der Waals surface area contributed by atoms with Crippen LogP contribution in [0.3, 0.4) is 0 Å². The molecule has 0 bridgehead atoms. The van der Waals surface area contributed by atoms with Gasteiger partial charge in [-0.15, -0.1) is 11.3 Å². The van der Waals surface area contributed by atoms with Gasteiger partial charge in [0.15, 0.2) is 0 Å². The number of thiazole rings is 1. The van der Waals surface area contributed by atoms with Crippen LogP contribution in [0.15, 0.2) is 58.8 Å². The summed E-state index contributed by atoms with van der Waals surface area (Å²) in [5, 5.41) is 2.05. The summed E-state index contributed by atoms with van der Waals surface area (Å²) in [4.78, 5) is 16.2. The molecule has 0 fully saturated rings. The maximum absolute atomic E-state index is 12.9. The summed E-state index contributed by atoms with van der Waals surface area (Å²) in [6.07, 6.45) is 0. The molecular formula is C19H18ClN3O3S2. The van der Waals surface area contributed by atoms with Crippen molar-refractivity contribution >= 4 is 44.1 Å². The maximum Gasteiger partial charge on any atom is 0.335 e. The molecule has 2 N–H and O–H groups in total. The summed E-state index contributed by atoms with van der Waals surface area (Å²) in [6, 6.07) is 12.2. The summed E-state index contributed by atoms with van der Waals surface area (Å²) in [6.45, 7) is 4.20. The van der Waals surface area contributed by atoms with Gasteiger partial charge in [0, 0.05) is 16.0 Å². The van der Waals surface area contributed by atoms with Crippen LogP contribution >= 0.6 is 22.9 Å². The third-order valence-corrected chi connectivity index (χ3v) is 6.99. The maximum atomic E-state index is 12.9. The summed E-state index contributed by atoms with van der Waals surface area (Å²) in [5.41, 5.74) is 7.94. The van der Waals surface area contributed by atoms with E-state index in [0.29, 0.717) is 20.9 Å². The molecule has 0 aliphatic carbocycles. The lowest BCUT2D eigenvalue weighted by atomic mass is 10.0. The van der Waals surface area contributed by atoms with Gasteiger partial charge in [0.25, 0.3) is 10.0 Å². The molecule has 0 aliphatic heterocycles. The molecule has 0 aliphatic rings. The molecule has 3 aromatic rings. The van der Waals surface area contributed by atoms with E-state index in [0.717, 1.165) is 16.9 Å². The molecule has 9 heteroatoms. The molecule has 0 saturated carbocycles. The molecule has 2 aromatic carbocycles. The van der Waals surface area contributed by atoms with Gasteiger partial charge in [0.2, 0.25) is 5.13 Å². The second kappa shape index (κ2) is 7.90. The highest BCUT2D eigenvalue weighted by Crippen LogP contribution is 2.31. The van der Waals surface area contributed by atoms with Crippen LogP contribution in [0.2, 0.25) is 5.02 Å². The minimum absolute atomic E-state index is 0.0228. The Kier molecular flexibility index (Phi) is 5.74. The van der Waals surface area contributed by atoms with Crippen molar-refractivity contribution in [3.8, 4) is 11.3 Å². The normalized spacial score (nSPS) is 11.6. The molecule has 28 heavy (non-hydrogen) atoms. The average molecular weight is 436 g/mol. The summed E-state index contributed by atoms with van der Waals surface area (Å²) < 4.78 is 26.3. The van der Waals surface area contributed by atoms with E-state index in [1.165, 1.54) is 29.8 Å². The first-order chi connectivity index (χ1) is 13.2. The molecule has 146 valence electrons. The zero-order chi connectivity index (χ0) is 20.5. The van der Waals surface area contributed by atoms with Crippen molar-refractivity contribution in [1.29, 1.82) is 0 Å². The third kappa shape index (κ3) is 4.04. The number of urea groups is 1. The number of nitrogens with zero attached hydrogens (tertiary/aromatic N) is 2. The summed E-state index contributed by atoms with van der Waals surface area (Å²) >= 11 is 6.84. The predicted molar refractivity (Wildman–Crippen MR) is 112 cm³/mol. The van der Waals surface area contributed by atoms with Gasteiger partial charge in [0.1, 0.15) is 0 Å². The fraction of sp³-hybridized carbons (Fsp3) is 0.158. The van der Waals surface area contributed by atoms with E-state index in [1.807, 2.05) is 24.3 Å². The van der Waals surface area contributed by atoms with Crippen molar-refractivity contribution < 1.29 is 13.2 Å². The number of sulfonamides is 1. The fourth-order valence-corrected chi connectivity index (χ4v) is 5.02. The monoisotopic (exact) mass is 435 g/mol. The van der Waals surface area contributed by atoms with E-state index in [9.17, 15) is 13.2 Å². The Hall–Kier alpha value is -2.42. The molecule has 1 heterocycles. The number of hydrogen-bond acceptors (Lipinski definition) is 5. The van der Waals surface area contributed by atoms with Crippen molar-refractivity contribution in [3.63, 3.8) is 0 Å². The number of anilines is 1. The van der Waals surface area contributed by atoms with Gasteiger partial charge in [-0.3, -0.25) is 0 Å². The SMILES string of the molecule is CC(C)c1ccc(-c2csc(N(C(N)=O)S(=O)(=O)c3ccc(Cl)cc3)n2)cc1. The van der Waals surface area contributed by atoms with Crippen molar-refractivity contribution in [1.82, 2.24) is 4.98 Å². The first-order valence-electron chi connectivity index (χ1n) is 8.36. The Morgan fingerprint density at radius 3 is 2.25 bits per heavy atom. The predicted octanol–water partition coefficient (Wildman–Crippen LogP) is 4.86. The summed E-state index contributed by atoms with van der Waals surface area (Å²) in [5.74, 6) is 0.398. The van der Waals surface area contributed by atoms with E-state index in [1.54, 1.807) is 5.38 Å². The highest BCUT2D eigenvalue weighted by Gasteiger charge is 2.32. The fourth-order valence-electron chi connectivity index (χ4n) is 2.56. The molecule has 1 aromatic heterocycles. The Bertz CT molecular complexity index is 1090. The Balaban J connectivity index is 1.98. The van der Waals surface area contributed by atoms with E-state index < -0.39 is 16.1 Å². The molecule has 3 rings (SSSR count). The Morgan fingerprint density at radius 2 is 1.71 bits per heavy atom. The molecule has 0 unspecified atom stereocenters. The van der Waals surface area contributed by atoms with Gasteiger partial charge in [-0.25, -0.2) is 18.2 Å². The van der Waals surface area contributed by atoms with Crippen molar-refractivity contribution in [2.24, 2.45) is 5.73 Å². The molecule has 0 spiro atoms. The molecule has 0 radical (unpaired) electrons. The number of primary amides is 1. The molecule has 2 amide bonds. The number of benzene rings is 2. The van der Waals surface area contributed by atoms with Crippen LogP contribution in [-0.4, -0.2) is 19.4 Å². The number of carbonyl (C=O) groups is 1. The lowest BCUT2D eigenvalue weighted by molar-refractivity contribution is 0.257. The molecule has 0 saturated heterocycles. The van der Waals surface area contributed by atoms with Crippen LogP contribution in [0.5, 0.6) is 0 Å².